The van der Waals surface area contributed by atoms with E-state index in [-0.39, 0.29) is 23.7 Å². The highest BCUT2D eigenvalue weighted by Crippen LogP contribution is 2.31. The fourth-order valence-corrected chi connectivity index (χ4v) is 4.34. The smallest absolute Gasteiger partial charge is 0.225 e. The summed E-state index contributed by atoms with van der Waals surface area (Å²) in [6.07, 6.45) is 5.19. The molecule has 1 aliphatic carbocycles. The third-order valence-corrected chi connectivity index (χ3v) is 6.07. The van der Waals surface area contributed by atoms with E-state index in [1.807, 2.05) is 48.0 Å². The lowest BCUT2D eigenvalue weighted by atomic mass is 9.80. The SMILES string of the molecule is CCN(CC)C(=O)C1CCC(C(=O)N2CCN(c3ccccn3)CC2)CC1. The van der Waals surface area contributed by atoms with Crippen LogP contribution in [0.5, 0.6) is 0 Å². The summed E-state index contributed by atoms with van der Waals surface area (Å²) in [7, 11) is 0. The third-order valence-electron chi connectivity index (χ3n) is 6.07. The lowest BCUT2D eigenvalue weighted by molar-refractivity contribution is -0.141. The monoisotopic (exact) mass is 372 g/mol. The van der Waals surface area contributed by atoms with E-state index in [0.717, 1.165) is 70.8 Å². The molecule has 1 aromatic heterocycles. The second-order valence-electron chi connectivity index (χ2n) is 7.56. The Balaban J connectivity index is 1.47. The van der Waals surface area contributed by atoms with Gasteiger partial charge in [-0.2, -0.15) is 0 Å². The molecule has 1 aromatic rings. The highest BCUT2D eigenvalue weighted by Gasteiger charge is 2.34. The van der Waals surface area contributed by atoms with Gasteiger partial charge in [0.25, 0.3) is 0 Å². The number of carbonyl (C=O) groups is 2. The second-order valence-corrected chi connectivity index (χ2v) is 7.56. The number of nitrogens with zero attached hydrogens (tertiary/aromatic N) is 4. The molecule has 0 aromatic carbocycles. The zero-order valence-electron chi connectivity index (χ0n) is 16.6. The number of piperazine rings is 1. The van der Waals surface area contributed by atoms with Crippen LogP contribution in [-0.2, 0) is 9.59 Å². The normalized spacial score (nSPS) is 23.2. The molecule has 0 unspecified atom stereocenters. The van der Waals surface area contributed by atoms with E-state index in [4.69, 9.17) is 0 Å². The Labute approximate surface area is 162 Å². The van der Waals surface area contributed by atoms with Crippen molar-refractivity contribution in [1.29, 1.82) is 0 Å². The molecule has 1 aliphatic heterocycles. The molecule has 1 saturated carbocycles. The first kappa shape index (κ1) is 19.6. The van der Waals surface area contributed by atoms with Gasteiger partial charge in [0.2, 0.25) is 11.8 Å². The Hall–Kier alpha value is -2.11. The number of hydrogen-bond donors (Lipinski definition) is 0. The minimum absolute atomic E-state index is 0.0900. The number of amides is 2. The topological polar surface area (TPSA) is 56.8 Å². The van der Waals surface area contributed by atoms with Gasteiger partial charge in [-0.15, -0.1) is 0 Å². The molecule has 0 N–H and O–H groups in total. The van der Waals surface area contributed by atoms with Crippen LogP contribution in [0.1, 0.15) is 39.5 Å². The van der Waals surface area contributed by atoms with Crippen molar-refractivity contribution in [2.75, 3.05) is 44.2 Å². The van der Waals surface area contributed by atoms with Crippen molar-refractivity contribution in [3.63, 3.8) is 0 Å². The van der Waals surface area contributed by atoms with Crippen LogP contribution in [-0.4, -0.2) is 65.9 Å². The summed E-state index contributed by atoms with van der Waals surface area (Å²) in [6.45, 7) is 8.78. The maximum absolute atomic E-state index is 12.9. The van der Waals surface area contributed by atoms with Crippen LogP contribution in [0.2, 0.25) is 0 Å². The first-order valence-corrected chi connectivity index (χ1v) is 10.4. The van der Waals surface area contributed by atoms with E-state index in [1.165, 1.54) is 0 Å². The molecule has 2 heterocycles. The first-order valence-electron chi connectivity index (χ1n) is 10.4. The Morgan fingerprint density at radius 1 is 1.00 bits per heavy atom. The van der Waals surface area contributed by atoms with Gasteiger partial charge < -0.3 is 14.7 Å². The van der Waals surface area contributed by atoms with Crippen LogP contribution in [0.3, 0.4) is 0 Å². The van der Waals surface area contributed by atoms with Gasteiger partial charge in [0.05, 0.1) is 0 Å². The van der Waals surface area contributed by atoms with Crippen LogP contribution in [0.4, 0.5) is 5.82 Å². The van der Waals surface area contributed by atoms with Gasteiger partial charge in [-0.1, -0.05) is 6.07 Å². The Bertz CT molecular complexity index is 616. The van der Waals surface area contributed by atoms with Crippen molar-refractivity contribution in [3.05, 3.63) is 24.4 Å². The zero-order valence-corrected chi connectivity index (χ0v) is 16.6. The molecule has 1 saturated heterocycles. The van der Waals surface area contributed by atoms with Crippen molar-refractivity contribution >= 4 is 17.6 Å². The van der Waals surface area contributed by atoms with Gasteiger partial charge in [-0.25, -0.2) is 4.98 Å². The molecule has 0 spiro atoms. The quantitative estimate of drug-likeness (QED) is 0.796. The predicted octanol–water partition coefficient (Wildman–Crippen LogP) is 2.41. The van der Waals surface area contributed by atoms with Crippen LogP contribution in [0.15, 0.2) is 24.4 Å². The number of anilines is 1. The van der Waals surface area contributed by atoms with Crippen molar-refractivity contribution in [1.82, 2.24) is 14.8 Å². The molecule has 0 bridgehead atoms. The molecule has 6 heteroatoms. The highest BCUT2D eigenvalue weighted by molar-refractivity contribution is 5.81. The lowest BCUT2D eigenvalue weighted by Gasteiger charge is -2.38. The summed E-state index contributed by atoms with van der Waals surface area (Å²) < 4.78 is 0. The molecule has 27 heavy (non-hydrogen) atoms. The predicted molar refractivity (Wildman–Crippen MR) is 106 cm³/mol. The number of hydrogen-bond acceptors (Lipinski definition) is 4. The van der Waals surface area contributed by atoms with Crippen LogP contribution < -0.4 is 4.90 Å². The van der Waals surface area contributed by atoms with E-state index in [0.29, 0.717) is 0 Å². The third kappa shape index (κ3) is 4.60. The molecule has 2 aliphatic rings. The maximum Gasteiger partial charge on any atom is 0.225 e. The minimum Gasteiger partial charge on any atom is -0.353 e. The Morgan fingerprint density at radius 2 is 1.63 bits per heavy atom. The minimum atomic E-state index is 0.0900. The van der Waals surface area contributed by atoms with E-state index in [1.54, 1.807) is 0 Å². The lowest BCUT2D eigenvalue weighted by Crippen LogP contribution is -2.51. The largest absolute Gasteiger partial charge is 0.353 e. The van der Waals surface area contributed by atoms with E-state index >= 15 is 0 Å². The fourth-order valence-electron chi connectivity index (χ4n) is 4.34. The van der Waals surface area contributed by atoms with E-state index < -0.39 is 0 Å². The highest BCUT2D eigenvalue weighted by atomic mass is 16.2. The summed E-state index contributed by atoms with van der Waals surface area (Å²) in [5, 5.41) is 0. The van der Waals surface area contributed by atoms with Gasteiger partial charge in [0.1, 0.15) is 5.82 Å². The van der Waals surface area contributed by atoms with Crippen LogP contribution in [0, 0.1) is 11.8 Å². The van der Waals surface area contributed by atoms with Crippen molar-refractivity contribution in [2.45, 2.75) is 39.5 Å². The summed E-state index contributed by atoms with van der Waals surface area (Å²) >= 11 is 0. The van der Waals surface area contributed by atoms with Gasteiger partial charge in [-0.05, 0) is 51.7 Å². The van der Waals surface area contributed by atoms with Crippen LogP contribution >= 0.6 is 0 Å². The molecule has 6 nitrogen and oxygen atoms in total. The zero-order chi connectivity index (χ0) is 19.2. The van der Waals surface area contributed by atoms with E-state index in [2.05, 4.69) is 9.88 Å². The van der Waals surface area contributed by atoms with E-state index in [9.17, 15) is 9.59 Å². The van der Waals surface area contributed by atoms with Crippen molar-refractivity contribution < 1.29 is 9.59 Å². The molecule has 2 fully saturated rings. The standard InChI is InChI=1S/C21H32N4O2/c1-3-23(4-2)20(26)17-8-10-18(11-9-17)21(27)25-15-13-24(14-16-25)19-7-5-6-12-22-19/h5-7,12,17-18H,3-4,8-11,13-16H2,1-2H3. The molecule has 0 atom stereocenters. The van der Waals surface area contributed by atoms with Crippen molar-refractivity contribution in [2.24, 2.45) is 11.8 Å². The summed E-state index contributed by atoms with van der Waals surface area (Å²) in [5.74, 6) is 1.74. The molecular weight excluding hydrogens is 340 g/mol. The number of carbonyl (C=O) groups excluding carboxylic acids is 2. The Morgan fingerprint density at radius 3 is 2.19 bits per heavy atom. The summed E-state index contributed by atoms with van der Waals surface area (Å²) in [6, 6.07) is 5.94. The number of rotatable bonds is 5. The molecule has 148 valence electrons. The Kier molecular flexibility index (Phi) is 6.69. The molecular formula is C21H32N4O2. The average molecular weight is 373 g/mol. The van der Waals surface area contributed by atoms with Gasteiger partial charge in [-0.3, -0.25) is 9.59 Å². The molecule has 2 amide bonds. The van der Waals surface area contributed by atoms with Gasteiger partial charge in [0, 0.05) is 57.3 Å². The second kappa shape index (κ2) is 9.20. The van der Waals surface area contributed by atoms with Gasteiger partial charge in [0.15, 0.2) is 0 Å². The fraction of sp³-hybridized carbons (Fsp3) is 0.667. The maximum atomic E-state index is 12.9. The van der Waals surface area contributed by atoms with Crippen molar-refractivity contribution in [3.8, 4) is 0 Å². The summed E-state index contributed by atoms with van der Waals surface area (Å²) in [5.41, 5.74) is 0. The number of aromatic nitrogens is 1. The molecule has 3 rings (SSSR count). The van der Waals surface area contributed by atoms with Gasteiger partial charge >= 0.3 is 0 Å². The van der Waals surface area contributed by atoms with Crippen LogP contribution in [0.25, 0.3) is 0 Å². The average Bonchev–Trinajstić information content (AvgIpc) is 2.75. The molecule has 0 radical (unpaired) electrons. The first-order chi connectivity index (χ1) is 13.1. The summed E-state index contributed by atoms with van der Waals surface area (Å²) in [4.78, 5) is 36.0. The number of pyridine rings is 1.